The summed E-state index contributed by atoms with van der Waals surface area (Å²) < 4.78 is 5.45. The lowest BCUT2D eigenvalue weighted by atomic mass is 10.2. The molecule has 0 radical (unpaired) electrons. The van der Waals surface area contributed by atoms with E-state index in [1.807, 2.05) is 12.3 Å². The van der Waals surface area contributed by atoms with Gasteiger partial charge in [0.1, 0.15) is 5.82 Å². The number of hydrogen-bond donors (Lipinski definition) is 2. The van der Waals surface area contributed by atoms with Crippen LogP contribution in [0, 0.1) is 0 Å². The molecule has 3 heterocycles. The topological polar surface area (TPSA) is 61.8 Å². The second-order valence-corrected chi connectivity index (χ2v) is 6.55. The zero-order valence-corrected chi connectivity index (χ0v) is 18.1. The number of nitrogens with zero attached hydrogens (tertiary/aromatic N) is 3. The first-order valence-corrected chi connectivity index (χ1v) is 9.61. The second kappa shape index (κ2) is 11.3. The van der Waals surface area contributed by atoms with E-state index >= 15 is 0 Å². The number of hydrogen-bond acceptors (Lipinski definition) is 5. The van der Waals surface area contributed by atoms with Gasteiger partial charge in [-0.3, -0.25) is 0 Å². The van der Waals surface area contributed by atoms with Crippen LogP contribution in [0.5, 0.6) is 0 Å². The predicted octanol–water partition coefficient (Wildman–Crippen LogP) is 2.85. The van der Waals surface area contributed by atoms with Crippen LogP contribution in [0.3, 0.4) is 0 Å². The number of anilines is 1. The molecule has 2 N–H and O–H groups in total. The number of aliphatic imine (C=N–C) groups is 1. The van der Waals surface area contributed by atoms with Crippen molar-refractivity contribution in [1.82, 2.24) is 15.6 Å². The van der Waals surface area contributed by atoms with Crippen LogP contribution in [0.15, 0.2) is 40.1 Å². The number of morpholine rings is 1. The molecule has 3 rings (SSSR count). The van der Waals surface area contributed by atoms with Gasteiger partial charge in [0.05, 0.1) is 19.8 Å². The third kappa shape index (κ3) is 6.10. The van der Waals surface area contributed by atoms with E-state index in [2.05, 4.69) is 55.3 Å². The summed E-state index contributed by atoms with van der Waals surface area (Å²) in [6, 6.07) is 6.21. The Balaban J connectivity index is 0.00000243. The number of pyridine rings is 1. The minimum Gasteiger partial charge on any atom is -0.378 e. The first kappa shape index (κ1) is 20.9. The summed E-state index contributed by atoms with van der Waals surface area (Å²) in [7, 11) is 0. The fourth-order valence-electron chi connectivity index (χ4n) is 2.70. The van der Waals surface area contributed by atoms with Gasteiger partial charge in [-0.1, -0.05) is 6.07 Å². The van der Waals surface area contributed by atoms with Crippen LogP contribution < -0.4 is 15.5 Å². The average Bonchev–Trinajstić information content (AvgIpc) is 3.18. The molecule has 0 saturated carbocycles. The molecule has 2 aromatic heterocycles. The number of nitrogens with one attached hydrogen (secondary N) is 2. The summed E-state index contributed by atoms with van der Waals surface area (Å²) in [5.41, 5.74) is 2.41. The summed E-state index contributed by atoms with van der Waals surface area (Å²) in [4.78, 5) is 11.5. The lowest BCUT2D eigenvalue weighted by molar-refractivity contribution is 0.122. The Bertz CT molecular complexity index is 674. The van der Waals surface area contributed by atoms with Gasteiger partial charge in [0.2, 0.25) is 0 Å². The lowest BCUT2D eigenvalue weighted by Crippen LogP contribution is -2.39. The van der Waals surface area contributed by atoms with Crippen LogP contribution in [0.25, 0.3) is 0 Å². The SMILES string of the molecule is CCNC(=NCc1ccsc1)NCc1cccnc1N1CCOCC1.I. The van der Waals surface area contributed by atoms with Crippen molar-refractivity contribution in [3.63, 3.8) is 0 Å². The minimum absolute atomic E-state index is 0. The molecule has 1 aliphatic heterocycles. The highest BCUT2D eigenvalue weighted by atomic mass is 127. The summed E-state index contributed by atoms with van der Waals surface area (Å²) in [6.45, 7) is 7.57. The van der Waals surface area contributed by atoms with Gasteiger partial charge in [0, 0.05) is 37.9 Å². The first-order valence-electron chi connectivity index (χ1n) is 8.66. The summed E-state index contributed by atoms with van der Waals surface area (Å²) >= 11 is 1.70. The molecule has 0 aliphatic carbocycles. The van der Waals surface area contributed by atoms with Crippen molar-refractivity contribution in [2.24, 2.45) is 4.99 Å². The number of guanidine groups is 1. The Labute approximate surface area is 176 Å². The maximum Gasteiger partial charge on any atom is 0.191 e. The van der Waals surface area contributed by atoms with Crippen LogP contribution in [0.2, 0.25) is 0 Å². The van der Waals surface area contributed by atoms with E-state index < -0.39 is 0 Å². The smallest absolute Gasteiger partial charge is 0.191 e. The van der Waals surface area contributed by atoms with Crippen molar-refractivity contribution in [3.05, 3.63) is 46.3 Å². The van der Waals surface area contributed by atoms with Crippen molar-refractivity contribution in [3.8, 4) is 0 Å². The fraction of sp³-hybridized carbons (Fsp3) is 0.444. The van der Waals surface area contributed by atoms with E-state index in [0.29, 0.717) is 13.1 Å². The van der Waals surface area contributed by atoms with Gasteiger partial charge in [0.15, 0.2) is 5.96 Å². The van der Waals surface area contributed by atoms with Crippen molar-refractivity contribution >= 4 is 47.1 Å². The maximum atomic E-state index is 5.45. The second-order valence-electron chi connectivity index (χ2n) is 5.77. The third-order valence-corrected chi connectivity index (χ3v) is 4.70. The van der Waals surface area contributed by atoms with Gasteiger partial charge in [-0.2, -0.15) is 11.3 Å². The van der Waals surface area contributed by atoms with Crippen molar-refractivity contribution in [2.75, 3.05) is 37.7 Å². The van der Waals surface area contributed by atoms with Crippen molar-refractivity contribution in [2.45, 2.75) is 20.0 Å². The molecule has 1 fully saturated rings. The van der Waals surface area contributed by atoms with Crippen LogP contribution in [0.1, 0.15) is 18.1 Å². The van der Waals surface area contributed by atoms with Gasteiger partial charge < -0.3 is 20.3 Å². The Morgan fingerprint density at radius 3 is 2.88 bits per heavy atom. The Morgan fingerprint density at radius 2 is 2.15 bits per heavy atom. The molecular formula is C18H26IN5OS. The Morgan fingerprint density at radius 1 is 1.31 bits per heavy atom. The molecule has 1 aliphatic rings. The third-order valence-electron chi connectivity index (χ3n) is 3.97. The summed E-state index contributed by atoms with van der Waals surface area (Å²) in [5.74, 6) is 1.86. The predicted molar refractivity (Wildman–Crippen MR) is 119 cm³/mol. The standard InChI is InChI=1S/C18H25N5OS.HI/c1-2-19-18(21-12-15-5-11-25-14-15)22-13-16-4-3-6-20-17(16)23-7-9-24-10-8-23;/h3-6,11,14H,2,7-10,12-13H2,1H3,(H2,19,21,22);1H. The van der Waals surface area contributed by atoms with E-state index in [4.69, 9.17) is 4.74 Å². The highest BCUT2D eigenvalue weighted by Crippen LogP contribution is 2.18. The molecule has 0 atom stereocenters. The normalized spacial score (nSPS) is 14.7. The molecule has 0 unspecified atom stereocenters. The number of aromatic nitrogens is 1. The molecular weight excluding hydrogens is 461 g/mol. The highest BCUT2D eigenvalue weighted by Gasteiger charge is 2.15. The fourth-order valence-corrected chi connectivity index (χ4v) is 3.36. The number of halogens is 1. The maximum absolute atomic E-state index is 5.45. The largest absolute Gasteiger partial charge is 0.378 e. The molecule has 1 saturated heterocycles. The first-order chi connectivity index (χ1) is 12.4. The number of ether oxygens (including phenoxy) is 1. The van der Waals surface area contributed by atoms with Gasteiger partial charge in [-0.05, 0) is 35.4 Å². The average molecular weight is 487 g/mol. The molecule has 142 valence electrons. The van der Waals surface area contributed by atoms with Crippen LogP contribution in [-0.2, 0) is 17.8 Å². The van der Waals surface area contributed by atoms with Gasteiger partial charge in [0.25, 0.3) is 0 Å². The molecule has 26 heavy (non-hydrogen) atoms. The molecule has 6 nitrogen and oxygen atoms in total. The van der Waals surface area contributed by atoms with Crippen LogP contribution >= 0.6 is 35.3 Å². The monoisotopic (exact) mass is 487 g/mol. The van der Waals surface area contributed by atoms with Gasteiger partial charge in [-0.15, -0.1) is 24.0 Å². The molecule has 0 spiro atoms. The zero-order valence-electron chi connectivity index (χ0n) is 15.0. The molecule has 0 bridgehead atoms. The highest BCUT2D eigenvalue weighted by molar-refractivity contribution is 14.0. The number of thiophene rings is 1. The summed E-state index contributed by atoms with van der Waals surface area (Å²) in [5, 5.41) is 10.9. The van der Waals surface area contributed by atoms with Crippen LogP contribution in [0.4, 0.5) is 5.82 Å². The van der Waals surface area contributed by atoms with Crippen LogP contribution in [-0.4, -0.2) is 43.8 Å². The van der Waals surface area contributed by atoms with Gasteiger partial charge in [-0.25, -0.2) is 9.98 Å². The molecule has 0 aromatic carbocycles. The molecule has 8 heteroatoms. The Kier molecular flexibility index (Phi) is 9.13. The van der Waals surface area contributed by atoms with E-state index in [1.54, 1.807) is 11.3 Å². The van der Waals surface area contributed by atoms with Gasteiger partial charge >= 0.3 is 0 Å². The van der Waals surface area contributed by atoms with Crippen molar-refractivity contribution in [1.29, 1.82) is 0 Å². The van der Waals surface area contributed by atoms with E-state index in [1.165, 1.54) is 11.1 Å². The zero-order chi connectivity index (χ0) is 17.3. The minimum atomic E-state index is 0. The Hall–Kier alpha value is -1.39. The van der Waals surface area contributed by atoms with E-state index in [0.717, 1.165) is 44.6 Å². The number of rotatable bonds is 6. The quantitative estimate of drug-likeness (QED) is 0.373. The van der Waals surface area contributed by atoms with E-state index in [9.17, 15) is 0 Å². The summed E-state index contributed by atoms with van der Waals surface area (Å²) in [6.07, 6.45) is 1.85. The van der Waals surface area contributed by atoms with Crippen molar-refractivity contribution < 1.29 is 4.74 Å². The van der Waals surface area contributed by atoms with E-state index in [-0.39, 0.29) is 24.0 Å². The lowest BCUT2D eigenvalue weighted by Gasteiger charge is -2.29. The molecule has 0 amide bonds. The molecule has 2 aromatic rings.